The molecule has 0 atom stereocenters. The van der Waals surface area contributed by atoms with Crippen LogP contribution in [0.4, 0.5) is 6.01 Å². The zero-order valence-electron chi connectivity index (χ0n) is 10.2. The van der Waals surface area contributed by atoms with Gasteiger partial charge >= 0.3 is 0 Å². The molecular formula is C12H21N3O. The lowest BCUT2D eigenvalue weighted by molar-refractivity contribution is 0.512. The van der Waals surface area contributed by atoms with Crippen molar-refractivity contribution in [2.24, 2.45) is 0 Å². The van der Waals surface area contributed by atoms with E-state index in [9.17, 15) is 0 Å². The van der Waals surface area contributed by atoms with Gasteiger partial charge in [0, 0.05) is 19.6 Å². The Morgan fingerprint density at radius 1 is 1.50 bits per heavy atom. The van der Waals surface area contributed by atoms with E-state index >= 15 is 0 Å². The second-order valence-electron chi connectivity index (χ2n) is 4.45. The van der Waals surface area contributed by atoms with E-state index in [0.29, 0.717) is 6.04 Å². The van der Waals surface area contributed by atoms with Crippen LogP contribution in [0, 0.1) is 0 Å². The molecule has 0 amide bonds. The maximum atomic E-state index is 5.51. The molecule has 1 heterocycles. The fraction of sp³-hybridized carbons (Fsp3) is 0.750. The topological polar surface area (TPSA) is 41.3 Å². The summed E-state index contributed by atoms with van der Waals surface area (Å²) in [5.41, 5.74) is 0.988. The summed E-state index contributed by atoms with van der Waals surface area (Å²) < 4.78 is 5.51. The first-order valence-corrected chi connectivity index (χ1v) is 6.19. The van der Waals surface area contributed by atoms with Crippen LogP contribution in [0.3, 0.4) is 0 Å². The van der Waals surface area contributed by atoms with Crippen LogP contribution >= 0.6 is 0 Å². The van der Waals surface area contributed by atoms with Crippen molar-refractivity contribution in [1.29, 1.82) is 0 Å². The van der Waals surface area contributed by atoms with Gasteiger partial charge in [-0.1, -0.05) is 19.8 Å². The fourth-order valence-electron chi connectivity index (χ4n) is 2.24. The Morgan fingerprint density at radius 2 is 2.25 bits per heavy atom. The first kappa shape index (κ1) is 11.5. The predicted octanol–water partition coefficient (Wildman–Crippen LogP) is 2.16. The lowest BCUT2D eigenvalue weighted by Gasteiger charge is -2.21. The molecule has 0 spiro atoms. The summed E-state index contributed by atoms with van der Waals surface area (Å²) >= 11 is 0. The van der Waals surface area contributed by atoms with Gasteiger partial charge in [-0.25, -0.2) is 0 Å². The van der Waals surface area contributed by atoms with E-state index in [4.69, 9.17) is 4.42 Å². The molecule has 1 N–H and O–H groups in total. The van der Waals surface area contributed by atoms with Gasteiger partial charge in [0.1, 0.15) is 6.26 Å². The SMILES string of the molecule is CCNCc1coc(N(C)C2CCCC2)n1. The molecule has 0 aromatic carbocycles. The number of hydrogen-bond donors (Lipinski definition) is 1. The Labute approximate surface area is 97.0 Å². The van der Waals surface area contributed by atoms with Crippen molar-refractivity contribution in [3.05, 3.63) is 12.0 Å². The number of anilines is 1. The highest BCUT2D eigenvalue weighted by atomic mass is 16.4. The number of hydrogen-bond acceptors (Lipinski definition) is 4. The maximum Gasteiger partial charge on any atom is 0.297 e. The standard InChI is InChI=1S/C12H21N3O/c1-3-13-8-10-9-16-12(14-10)15(2)11-6-4-5-7-11/h9,11,13H,3-8H2,1-2H3. The Kier molecular flexibility index (Phi) is 3.83. The van der Waals surface area contributed by atoms with Crippen LogP contribution < -0.4 is 10.2 Å². The number of rotatable bonds is 5. The van der Waals surface area contributed by atoms with Gasteiger partial charge in [0.15, 0.2) is 0 Å². The molecule has 2 rings (SSSR count). The van der Waals surface area contributed by atoms with Gasteiger partial charge in [0.25, 0.3) is 6.01 Å². The van der Waals surface area contributed by atoms with Crippen LogP contribution in [0.1, 0.15) is 38.3 Å². The lowest BCUT2D eigenvalue weighted by atomic mass is 10.2. The first-order valence-electron chi connectivity index (χ1n) is 6.19. The number of oxazole rings is 1. The molecule has 1 fully saturated rings. The largest absolute Gasteiger partial charge is 0.432 e. The number of nitrogens with one attached hydrogen (secondary N) is 1. The van der Waals surface area contributed by atoms with Crippen LogP contribution in [-0.2, 0) is 6.54 Å². The highest BCUT2D eigenvalue weighted by Crippen LogP contribution is 2.26. The summed E-state index contributed by atoms with van der Waals surface area (Å²) in [6, 6.07) is 1.38. The molecular weight excluding hydrogens is 202 g/mol. The molecule has 0 bridgehead atoms. The Balaban J connectivity index is 1.94. The Bertz CT molecular complexity index is 318. The third-order valence-corrected chi connectivity index (χ3v) is 3.27. The highest BCUT2D eigenvalue weighted by Gasteiger charge is 2.22. The quantitative estimate of drug-likeness (QED) is 0.830. The van der Waals surface area contributed by atoms with E-state index < -0.39 is 0 Å². The molecule has 1 aromatic rings. The van der Waals surface area contributed by atoms with Crippen LogP contribution in [0.15, 0.2) is 10.7 Å². The normalized spacial score (nSPS) is 16.9. The van der Waals surface area contributed by atoms with E-state index in [0.717, 1.165) is 24.8 Å². The highest BCUT2D eigenvalue weighted by molar-refractivity contribution is 5.27. The Morgan fingerprint density at radius 3 is 2.94 bits per heavy atom. The zero-order valence-corrected chi connectivity index (χ0v) is 10.2. The van der Waals surface area contributed by atoms with E-state index in [1.54, 1.807) is 6.26 Å². The van der Waals surface area contributed by atoms with E-state index in [1.807, 2.05) is 0 Å². The van der Waals surface area contributed by atoms with Gasteiger partial charge < -0.3 is 14.6 Å². The van der Waals surface area contributed by atoms with Gasteiger partial charge in [-0.05, 0) is 19.4 Å². The lowest BCUT2D eigenvalue weighted by Crippen LogP contribution is -2.29. The smallest absolute Gasteiger partial charge is 0.297 e. The summed E-state index contributed by atoms with van der Waals surface area (Å²) in [6.07, 6.45) is 6.95. The first-order chi connectivity index (χ1) is 7.81. The van der Waals surface area contributed by atoms with Crippen molar-refractivity contribution in [1.82, 2.24) is 10.3 Å². The van der Waals surface area contributed by atoms with Crippen LogP contribution in [-0.4, -0.2) is 24.6 Å². The molecule has 1 aromatic heterocycles. The van der Waals surface area contributed by atoms with E-state index in [1.165, 1.54) is 25.7 Å². The minimum Gasteiger partial charge on any atom is -0.432 e. The van der Waals surface area contributed by atoms with Crippen LogP contribution in [0.2, 0.25) is 0 Å². The Hall–Kier alpha value is -1.03. The van der Waals surface area contributed by atoms with Gasteiger partial charge in [-0.15, -0.1) is 0 Å². The summed E-state index contributed by atoms with van der Waals surface area (Å²) in [6.45, 7) is 3.84. The van der Waals surface area contributed by atoms with Gasteiger partial charge in [-0.2, -0.15) is 4.98 Å². The average molecular weight is 223 g/mol. The number of aromatic nitrogens is 1. The third kappa shape index (κ3) is 2.55. The number of nitrogens with zero attached hydrogens (tertiary/aromatic N) is 2. The summed E-state index contributed by atoms with van der Waals surface area (Å²) in [5, 5.41) is 3.25. The predicted molar refractivity (Wildman–Crippen MR) is 64.5 cm³/mol. The molecule has 1 saturated carbocycles. The summed E-state index contributed by atoms with van der Waals surface area (Å²) in [7, 11) is 2.08. The fourth-order valence-corrected chi connectivity index (χ4v) is 2.24. The van der Waals surface area contributed by atoms with E-state index in [-0.39, 0.29) is 0 Å². The summed E-state index contributed by atoms with van der Waals surface area (Å²) in [4.78, 5) is 6.67. The van der Waals surface area contributed by atoms with Crippen LogP contribution in [0.25, 0.3) is 0 Å². The van der Waals surface area contributed by atoms with Crippen molar-refractivity contribution >= 4 is 6.01 Å². The van der Waals surface area contributed by atoms with Gasteiger partial charge in [-0.3, -0.25) is 0 Å². The third-order valence-electron chi connectivity index (χ3n) is 3.27. The van der Waals surface area contributed by atoms with Crippen LogP contribution in [0.5, 0.6) is 0 Å². The monoisotopic (exact) mass is 223 g/mol. The molecule has 0 radical (unpaired) electrons. The van der Waals surface area contributed by atoms with Crippen molar-refractivity contribution in [3.8, 4) is 0 Å². The second kappa shape index (κ2) is 5.34. The van der Waals surface area contributed by atoms with Gasteiger partial charge in [0.05, 0.1) is 5.69 Å². The van der Waals surface area contributed by atoms with Gasteiger partial charge in [0.2, 0.25) is 0 Å². The minimum atomic E-state index is 0.616. The molecule has 0 aliphatic heterocycles. The minimum absolute atomic E-state index is 0.616. The zero-order chi connectivity index (χ0) is 11.4. The average Bonchev–Trinajstić information content (AvgIpc) is 2.96. The maximum absolute atomic E-state index is 5.51. The second-order valence-corrected chi connectivity index (χ2v) is 4.45. The van der Waals surface area contributed by atoms with Crippen molar-refractivity contribution < 1.29 is 4.42 Å². The van der Waals surface area contributed by atoms with Crippen molar-refractivity contribution in [3.63, 3.8) is 0 Å². The molecule has 1 aliphatic rings. The molecule has 0 saturated heterocycles. The van der Waals surface area contributed by atoms with Crippen molar-refractivity contribution in [2.75, 3.05) is 18.5 Å². The molecule has 16 heavy (non-hydrogen) atoms. The molecule has 90 valence electrons. The molecule has 4 nitrogen and oxygen atoms in total. The van der Waals surface area contributed by atoms with E-state index in [2.05, 4.69) is 29.2 Å². The molecule has 1 aliphatic carbocycles. The molecule has 4 heteroatoms. The molecule has 0 unspecified atom stereocenters. The summed E-state index contributed by atoms with van der Waals surface area (Å²) in [5.74, 6) is 0. The van der Waals surface area contributed by atoms with Crippen molar-refractivity contribution in [2.45, 2.75) is 45.2 Å².